The largest absolute Gasteiger partial charge is 0.504 e. The summed E-state index contributed by atoms with van der Waals surface area (Å²) in [6, 6.07) is 3.44. The van der Waals surface area contributed by atoms with E-state index in [1.807, 2.05) is 13.1 Å². The van der Waals surface area contributed by atoms with E-state index in [4.69, 9.17) is 4.74 Å². The van der Waals surface area contributed by atoms with Crippen LogP contribution in [0.25, 0.3) is 0 Å². The molecule has 0 aromatic heterocycles. The van der Waals surface area contributed by atoms with Crippen LogP contribution in [-0.4, -0.2) is 52.2 Å². The Morgan fingerprint density at radius 1 is 1.41 bits per heavy atom. The van der Waals surface area contributed by atoms with Crippen molar-refractivity contribution in [1.82, 2.24) is 4.90 Å². The van der Waals surface area contributed by atoms with Gasteiger partial charge in [0.2, 0.25) is 0 Å². The number of benzene rings is 1. The molecule has 0 radical (unpaired) electrons. The molecule has 4 atom stereocenters. The van der Waals surface area contributed by atoms with Crippen LogP contribution in [0.5, 0.6) is 11.5 Å². The summed E-state index contributed by atoms with van der Waals surface area (Å²) in [6.07, 6.45) is 3.70. The van der Waals surface area contributed by atoms with Gasteiger partial charge in [-0.05, 0) is 50.2 Å². The van der Waals surface area contributed by atoms with Crippen molar-refractivity contribution in [2.75, 3.05) is 13.6 Å². The van der Waals surface area contributed by atoms with Crippen molar-refractivity contribution < 1.29 is 19.7 Å². The lowest BCUT2D eigenvalue weighted by molar-refractivity contribution is -0.151. The average Bonchev–Trinajstić information content (AvgIpc) is 2.85. The van der Waals surface area contributed by atoms with Gasteiger partial charge in [0.15, 0.2) is 23.4 Å². The molecule has 1 spiro atoms. The van der Waals surface area contributed by atoms with Crippen LogP contribution in [0.15, 0.2) is 24.3 Å². The lowest BCUT2D eigenvalue weighted by Gasteiger charge is -2.60. The molecular weight excluding hydrogens is 282 g/mol. The predicted molar refractivity (Wildman–Crippen MR) is 78.0 cm³/mol. The van der Waals surface area contributed by atoms with E-state index in [2.05, 4.69) is 4.90 Å². The number of aromatic hydroxyl groups is 1. The molecule has 1 fully saturated rings. The van der Waals surface area contributed by atoms with Gasteiger partial charge >= 0.3 is 0 Å². The van der Waals surface area contributed by atoms with Crippen LogP contribution in [0.2, 0.25) is 0 Å². The fraction of sp³-hybridized carbons (Fsp3) is 0.471. The molecule has 0 saturated carbocycles. The van der Waals surface area contributed by atoms with E-state index in [0.717, 1.165) is 17.7 Å². The summed E-state index contributed by atoms with van der Waals surface area (Å²) in [5, 5.41) is 21.7. The first-order chi connectivity index (χ1) is 10.5. The van der Waals surface area contributed by atoms with E-state index in [0.29, 0.717) is 18.6 Å². The number of phenols is 1. The number of carbonyl (C=O) groups is 1. The zero-order chi connectivity index (χ0) is 15.3. The minimum absolute atomic E-state index is 0.0510. The molecule has 1 aromatic carbocycles. The van der Waals surface area contributed by atoms with E-state index in [-0.39, 0.29) is 17.6 Å². The smallest absolute Gasteiger partial charge is 0.196 e. The van der Waals surface area contributed by atoms with Gasteiger partial charge in [-0.2, -0.15) is 0 Å². The van der Waals surface area contributed by atoms with Crippen molar-refractivity contribution in [2.45, 2.75) is 36.0 Å². The van der Waals surface area contributed by atoms with E-state index in [1.54, 1.807) is 12.1 Å². The first-order valence-corrected chi connectivity index (χ1v) is 7.67. The van der Waals surface area contributed by atoms with Crippen molar-refractivity contribution >= 4 is 5.78 Å². The summed E-state index contributed by atoms with van der Waals surface area (Å²) in [7, 11) is 2.01. The number of hydrogen-bond donors (Lipinski definition) is 2. The second-order valence-corrected chi connectivity index (χ2v) is 6.93. The summed E-state index contributed by atoms with van der Waals surface area (Å²) in [6.45, 7) is 0.794. The van der Waals surface area contributed by atoms with Crippen LogP contribution in [0.1, 0.15) is 17.5 Å². The Labute approximate surface area is 127 Å². The highest BCUT2D eigenvalue weighted by molar-refractivity contribution is 5.99. The number of phenolic OH excluding ortho intramolecular Hbond substituents is 1. The van der Waals surface area contributed by atoms with E-state index in [1.165, 1.54) is 6.08 Å². The lowest BCUT2D eigenvalue weighted by Crippen LogP contribution is -2.74. The molecule has 2 N–H and O–H groups in total. The van der Waals surface area contributed by atoms with Gasteiger partial charge in [0, 0.05) is 11.6 Å². The second kappa shape index (κ2) is 3.55. The molecule has 4 unspecified atom stereocenters. The fourth-order valence-electron chi connectivity index (χ4n) is 5.13. The van der Waals surface area contributed by atoms with Crippen molar-refractivity contribution in [3.63, 3.8) is 0 Å². The number of likely N-dealkylation sites (N-methyl/N-ethyl adjacent to an activating group) is 1. The molecule has 1 aromatic rings. The molecular formula is C17H17NO4. The second-order valence-electron chi connectivity index (χ2n) is 6.93. The van der Waals surface area contributed by atoms with E-state index in [9.17, 15) is 15.0 Å². The van der Waals surface area contributed by atoms with Gasteiger partial charge in [-0.25, -0.2) is 0 Å². The quantitative estimate of drug-likeness (QED) is 0.731. The maximum atomic E-state index is 12.4. The van der Waals surface area contributed by atoms with E-state index < -0.39 is 17.1 Å². The highest BCUT2D eigenvalue weighted by Crippen LogP contribution is 2.63. The molecule has 1 saturated heterocycles. The molecule has 2 aliphatic carbocycles. The van der Waals surface area contributed by atoms with Crippen LogP contribution in [0.4, 0.5) is 0 Å². The third-order valence-electron chi connectivity index (χ3n) is 6.14. The Hall–Kier alpha value is -1.85. The number of piperidine rings is 1. The third-order valence-corrected chi connectivity index (χ3v) is 6.14. The number of rotatable bonds is 0. The zero-order valence-electron chi connectivity index (χ0n) is 12.2. The molecule has 2 aliphatic heterocycles. The minimum Gasteiger partial charge on any atom is -0.504 e. The van der Waals surface area contributed by atoms with Crippen LogP contribution in [0.3, 0.4) is 0 Å². The Morgan fingerprint density at radius 2 is 2.23 bits per heavy atom. The highest BCUT2D eigenvalue weighted by Gasteiger charge is 2.71. The summed E-state index contributed by atoms with van der Waals surface area (Å²) < 4.78 is 5.89. The Kier molecular flexibility index (Phi) is 2.04. The molecule has 5 heteroatoms. The molecule has 114 valence electrons. The average molecular weight is 299 g/mol. The number of nitrogens with zero attached hydrogens (tertiary/aromatic N) is 1. The zero-order valence-corrected chi connectivity index (χ0v) is 12.2. The molecule has 4 aliphatic rings. The van der Waals surface area contributed by atoms with Gasteiger partial charge in [0.05, 0.1) is 5.41 Å². The Balaban J connectivity index is 1.91. The minimum atomic E-state index is -1.13. The SMILES string of the molecule is CN1CCC23c4c5ccc(O)c4OC2C(=O)C=CC3(O)C1C5. The van der Waals surface area contributed by atoms with Gasteiger partial charge in [-0.3, -0.25) is 9.69 Å². The molecule has 5 nitrogen and oxygen atoms in total. The van der Waals surface area contributed by atoms with Crippen LogP contribution in [0, 0.1) is 0 Å². The third kappa shape index (κ3) is 1.08. The summed E-state index contributed by atoms with van der Waals surface area (Å²) >= 11 is 0. The number of aliphatic hydroxyl groups is 1. The standard InChI is InChI=1S/C17H17NO4/c1-18-7-6-16-13-9-2-3-10(19)14(13)22-15(16)11(20)4-5-17(16,21)12(18)8-9/h2-5,12,15,19,21H,6-8H2,1H3. The van der Waals surface area contributed by atoms with Gasteiger partial charge in [-0.15, -0.1) is 0 Å². The predicted octanol–water partition coefficient (Wildman–Crippen LogP) is 0.521. The summed E-state index contributed by atoms with van der Waals surface area (Å²) in [5.74, 6) is 0.312. The van der Waals surface area contributed by atoms with Gasteiger partial charge in [-0.1, -0.05) is 6.07 Å². The van der Waals surface area contributed by atoms with Crippen LogP contribution < -0.4 is 4.74 Å². The number of hydrogen-bond acceptors (Lipinski definition) is 5. The topological polar surface area (TPSA) is 70.0 Å². The van der Waals surface area contributed by atoms with Crippen molar-refractivity contribution in [3.8, 4) is 11.5 Å². The number of carbonyl (C=O) groups excluding carboxylic acids is 1. The molecule has 2 heterocycles. The first-order valence-electron chi connectivity index (χ1n) is 7.67. The van der Waals surface area contributed by atoms with Gasteiger partial charge < -0.3 is 14.9 Å². The maximum Gasteiger partial charge on any atom is 0.196 e. The van der Waals surface area contributed by atoms with Crippen molar-refractivity contribution in [3.05, 3.63) is 35.4 Å². The van der Waals surface area contributed by atoms with Crippen LogP contribution in [-0.2, 0) is 16.6 Å². The number of ether oxygens (including phenoxy) is 1. The Bertz CT molecular complexity index is 757. The molecule has 0 amide bonds. The monoisotopic (exact) mass is 299 g/mol. The molecule has 2 bridgehead atoms. The van der Waals surface area contributed by atoms with Crippen LogP contribution >= 0.6 is 0 Å². The molecule has 22 heavy (non-hydrogen) atoms. The fourth-order valence-corrected chi connectivity index (χ4v) is 5.13. The van der Waals surface area contributed by atoms with Gasteiger partial charge in [0.1, 0.15) is 5.60 Å². The van der Waals surface area contributed by atoms with Crippen molar-refractivity contribution in [2.24, 2.45) is 0 Å². The van der Waals surface area contributed by atoms with E-state index >= 15 is 0 Å². The first kappa shape index (κ1) is 12.7. The van der Waals surface area contributed by atoms with Crippen molar-refractivity contribution in [1.29, 1.82) is 0 Å². The van der Waals surface area contributed by atoms with Gasteiger partial charge in [0.25, 0.3) is 0 Å². The summed E-state index contributed by atoms with van der Waals surface area (Å²) in [5.41, 5.74) is 0.0177. The highest BCUT2D eigenvalue weighted by atomic mass is 16.5. The number of likely N-dealkylation sites (tertiary alicyclic amines) is 1. The molecule has 5 rings (SSSR count). The summed E-state index contributed by atoms with van der Waals surface area (Å²) in [4.78, 5) is 14.6. The normalized spacial score (nSPS) is 41.3. The number of ketones is 1. The Morgan fingerprint density at radius 3 is 3.05 bits per heavy atom. The lowest BCUT2D eigenvalue weighted by atomic mass is 9.51. The maximum absolute atomic E-state index is 12.4.